The largest absolute Gasteiger partial charge is 0.396 e. The summed E-state index contributed by atoms with van der Waals surface area (Å²) < 4.78 is 0. The zero-order valence-electron chi connectivity index (χ0n) is 23.3. The Bertz CT molecular complexity index is 797. The highest BCUT2D eigenvalue weighted by Crippen LogP contribution is 2.55. The Hall–Kier alpha value is -1.19. The van der Waals surface area contributed by atoms with Crippen molar-refractivity contribution in [2.45, 2.75) is 119 Å². The van der Waals surface area contributed by atoms with E-state index in [0.29, 0.717) is 30.1 Å². The van der Waals surface area contributed by atoms with Gasteiger partial charge in [-0.3, -0.25) is 4.79 Å². The van der Waals surface area contributed by atoms with Gasteiger partial charge < -0.3 is 10.2 Å². The van der Waals surface area contributed by atoms with E-state index in [0.717, 1.165) is 44.0 Å². The van der Waals surface area contributed by atoms with Gasteiger partial charge in [0.05, 0.1) is 5.60 Å². The molecule has 3 nitrogen and oxygen atoms in total. The van der Waals surface area contributed by atoms with Crippen LogP contribution in [0, 0.1) is 28.6 Å². The number of aliphatic hydroxyl groups excluding tert-OH is 1. The van der Waals surface area contributed by atoms with Gasteiger partial charge >= 0.3 is 0 Å². The van der Waals surface area contributed by atoms with E-state index >= 15 is 0 Å². The van der Waals surface area contributed by atoms with Crippen molar-refractivity contribution in [3.05, 3.63) is 34.4 Å². The van der Waals surface area contributed by atoms with Crippen molar-refractivity contribution < 1.29 is 15.0 Å². The normalized spacial score (nSPS) is 35.6. The first-order valence-electron chi connectivity index (χ1n) is 13.6. The lowest BCUT2D eigenvalue weighted by Crippen LogP contribution is -2.52. The van der Waals surface area contributed by atoms with Crippen LogP contribution in [0.15, 0.2) is 34.4 Å². The van der Waals surface area contributed by atoms with Gasteiger partial charge in [-0.25, -0.2) is 0 Å². The van der Waals surface area contributed by atoms with Crippen molar-refractivity contribution in [1.29, 1.82) is 0 Å². The molecule has 34 heavy (non-hydrogen) atoms. The van der Waals surface area contributed by atoms with E-state index < -0.39 is 5.60 Å². The molecule has 2 N–H and O–H groups in total. The monoisotopic (exact) mass is 472 g/mol. The third-order valence-corrected chi connectivity index (χ3v) is 10.1. The SMILES string of the molecule is CC1=CC[C@@H](C)C(C)(C)[C@H]1CC/C(C)=C/CC[C@]1(C)[C@@H](CCCO)/C(=C(/C)C=O)CC[C@@]1(C)O. The van der Waals surface area contributed by atoms with Crippen LogP contribution in [0.3, 0.4) is 0 Å². The zero-order chi connectivity index (χ0) is 25.7. The lowest BCUT2D eigenvalue weighted by atomic mass is 9.54. The van der Waals surface area contributed by atoms with Crippen LogP contribution in [0.1, 0.15) is 113 Å². The fourth-order valence-electron chi connectivity index (χ4n) is 6.81. The molecule has 0 aromatic heterocycles. The molecule has 2 aliphatic carbocycles. The Morgan fingerprint density at radius 3 is 2.44 bits per heavy atom. The second kappa shape index (κ2) is 11.7. The average Bonchev–Trinajstić information content (AvgIpc) is 2.77. The van der Waals surface area contributed by atoms with Crippen LogP contribution < -0.4 is 0 Å². The molecule has 2 rings (SSSR count). The molecule has 0 aliphatic heterocycles. The minimum absolute atomic E-state index is 0.125. The summed E-state index contributed by atoms with van der Waals surface area (Å²) in [5.74, 6) is 1.48. The molecule has 0 heterocycles. The second-order valence-electron chi connectivity index (χ2n) is 12.5. The maximum absolute atomic E-state index is 11.6. The molecule has 0 bridgehead atoms. The molecule has 1 fully saturated rings. The fraction of sp³-hybridized carbons (Fsp3) is 0.774. The van der Waals surface area contributed by atoms with Gasteiger partial charge in [0.15, 0.2) is 0 Å². The quantitative estimate of drug-likeness (QED) is 0.196. The number of allylic oxidation sites excluding steroid dienone is 6. The van der Waals surface area contributed by atoms with Gasteiger partial charge in [0.25, 0.3) is 0 Å². The van der Waals surface area contributed by atoms with Crippen molar-refractivity contribution in [3.63, 3.8) is 0 Å². The lowest BCUT2D eigenvalue weighted by molar-refractivity contribution is -0.115. The van der Waals surface area contributed by atoms with Crippen LogP contribution in [0.4, 0.5) is 0 Å². The standard InChI is InChI=1S/C31H52O3/c1-22(13-16-27-23(2)14-15-25(4)29(27,5)6)11-9-18-30(7)28(12-10-20-32)26(24(3)21-33)17-19-31(30,8)34/h11,14,21,25,27-28,32,34H,9-10,12-13,15-20H2,1-8H3/b22-11+,26-24-/t25-,27+,28+,30-,31-/m1/s1. The predicted molar refractivity (Wildman–Crippen MR) is 144 cm³/mol. The van der Waals surface area contributed by atoms with Crippen molar-refractivity contribution >= 4 is 6.29 Å². The highest BCUT2D eigenvalue weighted by atomic mass is 16.3. The number of carbonyl (C=O) groups excluding carboxylic acids is 1. The molecule has 0 aromatic rings. The summed E-state index contributed by atoms with van der Waals surface area (Å²) in [5, 5.41) is 21.0. The van der Waals surface area contributed by atoms with Crippen molar-refractivity contribution in [2.24, 2.45) is 28.6 Å². The molecule has 0 saturated heterocycles. The molecule has 0 unspecified atom stereocenters. The lowest BCUT2D eigenvalue weighted by Gasteiger charge is -2.53. The molecular weight excluding hydrogens is 420 g/mol. The molecular formula is C31H52O3. The van der Waals surface area contributed by atoms with Gasteiger partial charge in [0, 0.05) is 12.0 Å². The van der Waals surface area contributed by atoms with Gasteiger partial charge in [-0.1, -0.05) is 56.6 Å². The van der Waals surface area contributed by atoms with Crippen molar-refractivity contribution in [1.82, 2.24) is 0 Å². The van der Waals surface area contributed by atoms with Crippen LogP contribution in [-0.4, -0.2) is 28.7 Å². The molecule has 0 radical (unpaired) electrons. The Labute approximate surface area is 209 Å². The summed E-state index contributed by atoms with van der Waals surface area (Å²) in [6.07, 6.45) is 14.1. The molecule has 2 aliphatic rings. The molecule has 3 heteroatoms. The summed E-state index contributed by atoms with van der Waals surface area (Å²) in [4.78, 5) is 11.6. The molecule has 5 atom stereocenters. The fourth-order valence-corrected chi connectivity index (χ4v) is 6.81. The first-order chi connectivity index (χ1) is 15.8. The van der Waals surface area contributed by atoms with Crippen LogP contribution in [0.2, 0.25) is 0 Å². The first-order valence-corrected chi connectivity index (χ1v) is 13.6. The Morgan fingerprint density at radius 1 is 1.15 bits per heavy atom. The van der Waals surface area contributed by atoms with E-state index in [1.54, 1.807) is 5.57 Å². The molecule has 194 valence electrons. The third-order valence-electron chi connectivity index (χ3n) is 10.1. The summed E-state index contributed by atoms with van der Waals surface area (Å²) >= 11 is 0. The highest BCUT2D eigenvalue weighted by Gasteiger charge is 2.52. The van der Waals surface area contributed by atoms with Crippen LogP contribution in [-0.2, 0) is 4.79 Å². The van der Waals surface area contributed by atoms with Crippen LogP contribution in [0.25, 0.3) is 0 Å². The Kier molecular flexibility index (Phi) is 9.99. The minimum atomic E-state index is -0.786. The summed E-state index contributed by atoms with van der Waals surface area (Å²) in [5.41, 5.74) is 4.22. The predicted octanol–water partition coefficient (Wildman–Crippen LogP) is 7.58. The van der Waals surface area contributed by atoms with Gasteiger partial charge in [-0.15, -0.1) is 0 Å². The van der Waals surface area contributed by atoms with Gasteiger partial charge in [-0.2, -0.15) is 0 Å². The maximum Gasteiger partial charge on any atom is 0.145 e. The highest BCUT2D eigenvalue weighted by molar-refractivity contribution is 5.74. The van der Waals surface area contributed by atoms with E-state index in [-0.39, 0.29) is 17.9 Å². The van der Waals surface area contributed by atoms with Gasteiger partial charge in [0.1, 0.15) is 6.29 Å². The van der Waals surface area contributed by atoms with E-state index in [2.05, 4.69) is 53.7 Å². The van der Waals surface area contributed by atoms with Gasteiger partial charge in [-0.05, 0) is 114 Å². The van der Waals surface area contributed by atoms with E-state index in [9.17, 15) is 15.0 Å². The number of hydrogen-bond donors (Lipinski definition) is 2. The average molecular weight is 473 g/mol. The Balaban J connectivity index is 2.14. The molecule has 0 amide bonds. The van der Waals surface area contributed by atoms with Crippen LogP contribution >= 0.6 is 0 Å². The van der Waals surface area contributed by atoms with E-state index in [4.69, 9.17) is 0 Å². The third kappa shape index (κ3) is 6.13. The number of aldehydes is 1. The maximum atomic E-state index is 11.6. The summed E-state index contributed by atoms with van der Waals surface area (Å²) in [6.45, 7) is 18.0. The number of aliphatic hydroxyl groups is 2. The van der Waals surface area contributed by atoms with Crippen molar-refractivity contribution in [3.8, 4) is 0 Å². The molecule has 0 spiro atoms. The summed E-state index contributed by atoms with van der Waals surface area (Å²) in [7, 11) is 0. The Morgan fingerprint density at radius 2 is 1.82 bits per heavy atom. The smallest absolute Gasteiger partial charge is 0.145 e. The zero-order valence-corrected chi connectivity index (χ0v) is 23.3. The van der Waals surface area contributed by atoms with E-state index in [1.807, 2.05) is 13.8 Å². The molecule has 1 saturated carbocycles. The minimum Gasteiger partial charge on any atom is -0.396 e. The molecule has 0 aromatic carbocycles. The number of carbonyl (C=O) groups is 1. The van der Waals surface area contributed by atoms with E-state index in [1.165, 1.54) is 24.0 Å². The van der Waals surface area contributed by atoms with Gasteiger partial charge in [0.2, 0.25) is 0 Å². The topological polar surface area (TPSA) is 57.5 Å². The second-order valence-corrected chi connectivity index (χ2v) is 12.5. The summed E-state index contributed by atoms with van der Waals surface area (Å²) in [6, 6.07) is 0. The van der Waals surface area contributed by atoms with Crippen molar-refractivity contribution in [2.75, 3.05) is 6.61 Å². The number of rotatable bonds is 10. The first kappa shape index (κ1) is 29.0. The van der Waals surface area contributed by atoms with Crippen LogP contribution in [0.5, 0.6) is 0 Å². The number of hydrogen-bond acceptors (Lipinski definition) is 3.